The monoisotopic (exact) mass is 408 g/mol. The van der Waals surface area contributed by atoms with Crippen LogP contribution in [0.5, 0.6) is 0 Å². The zero-order valence-electron chi connectivity index (χ0n) is 16.3. The van der Waals surface area contributed by atoms with Crippen LogP contribution in [0.25, 0.3) is 0 Å². The van der Waals surface area contributed by atoms with E-state index in [0.717, 1.165) is 0 Å². The van der Waals surface area contributed by atoms with E-state index < -0.39 is 28.5 Å². The summed E-state index contributed by atoms with van der Waals surface area (Å²) < 4.78 is 36.5. The first-order valence-electron chi connectivity index (χ1n) is 8.64. The molecular weight excluding hydrogens is 384 g/mol. The molecule has 0 radical (unpaired) electrons. The quantitative estimate of drug-likeness (QED) is 0.621. The van der Waals surface area contributed by atoms with Crippen molar-refractivity contribution in [1.29, 1.82) is 0 Å². The van der Waals surface area contributed by atoms with E-state index in [9.17, 15) is 18.0 Å². The van der Waals surface area contributed by atoms with Crippen LogP contribution >= 0.6 is 0 Å². The lowest BCUT2D eigenvalue weighted by molar-refractivity contribution is -0.133. The number of likely N-dealkylation sites (N-methyl/N-ethyl adjacent to an activating group) is 1. The highest BCUT2D eigenvalue weighted by atomic mass is 32.2. The van der Waals surface area contributed by atoms with E-state index in [-0.39, 0.29) is 23.0 Å². The summed E-state index contributed by atoms with van der Waals surface area (Å²) in [5, 5.41) is 0. The molecule has 0 atom stereocenters. The zero-order valence-corrected chi connectivity index (χ0v) is 17.1. The van der Waals surface area contributed by atoms with Crippen LogP contribution in [-0.2, 0) is 26.1 Å². The Morgan fingerprint density at radius 3 is 2.46 bits per heavy atom. The lowest BCUT2D eigenvalue weighted by Crippen LogP contribution is -2.33. The fourth-order valence-corrected chi connectivity index (χ4v) is 3.69. The average Bonchev–Trinajstić information content (AvgIpc) is 3.18. The van der Waals surface area contributed by atoms with Crippen LogP contribution in [0.1, 0.15) is 30.0 Å². The van der Waals surface area contributed by atoms with Gasteiger partial charge >= 0.3 is 5.97 Å². The van der Waals surface area contributed by atoms with Crippen LogP contribution in [0, 0.1) is 0 Å². The first-order valence-corrected chi connectivity index (χ1v) is 10.1. The molecule has 2 rings (SSSR count). The Hall–Kier alpha value is -2.65. The van der Waals surface area contributed by atoms with E-state index in [0.29, 0.717) is 5.76 Å². The summed E-state index contributed by atoms with van der Waals surface area (Å²) in [6.45, 7) is 3.29. The molecule has 0 saturated heterocycles. The van der Waals surface area contributed by atoms with Gasteiger partial charge in [-0.25, -0.2) is 13.2 Å². The number of esters is 1. The SMILES string of the molecule is CC(C)N(C)S(=O)(=O)c1cccc(C(=O)OCC(=O)N(C)Cc2ccco2)c1. The van der Waals surface area contributed by atoms with Crippen molar-refractivity contribution in [3.63, 3.8) is 0 Å². The van der Waals surface area contributed by atoms with Crippen LogP contribution in [0.15, 0.2) is 52.0 Å². The summed E-state index contributed by atoms with van der Waals surface area (Å²) in [6, 6.07) is 8.77. The molecular formula is C19H24N2O6S. The van der Waals surface area contributed by atoms with Gasteiger partial charge in [0, 0.05) is 20.1 Å². The number of carbonyl (C=O) groups is 2. The normalized spacial score (nSPS) is 11.6. The lowest BCUT2D eigenvalue weighted by Gasteiger charge is -2.21. The predicted octanol–water partition coefficient (Wildman–Crippen LogP) is 2.12. The summed E-state index contributed by atoms with van der Waals surface area (Å²) in [6.07, 6.45) is 1.51. The molecule has 9 heteroatoms. The van der Waals surface area contributed by atoms with E-state index in [4.69, 9.17) is 9.15 Å². The van der Waals surface area contributed by atoms with E-state index in [1.165, 1.54) is 46.8 Å². The number of carbonyl (C=O) groups excluding carboxylic acids is 2. The minimum absolute atomic E-state index is 0.0144. The number of rotatable bonds is 8. The van der Waals surface area contributed by atoms with Crippen molar-refractivity contribution in [2.24, 2.45) is 0 Å². The average molecular weight is 408 g/mol. The Kier molecular flexibility index (Phi) is 6.98. The second-order valence-electron chi connectivity index (χ2n) is 6.55. The molecule has 0 fully saturated rings. The molecule has 1 aromatic heterocycles. The Bertz CT molecular complexity index is 922. The van der Waals surface area contributed by atoms with E-state index >= 15 is 0 Å². The first-order chi connectivity index (χ1) is 13.1. The van der Waals surface area contributed by atoms with Crippen molar-refractivity contribution in [2.45, 2.75) is 31.3 Å². The molecule has 152 valence electrons. The standard InChI is InChI=1S/C19H24N2O6S/c1-14(2)21(4)28(24,25)17-9-5-7-15(11-17)19(23)27-13-18(22)20(3)12-16-8-6-10-26-16/h5-11,14H,12-13H2,1-4H3. The van der Waals surface area contributed by atoms with Crippen molar-refractivity contribution in [3.8, 4) is 0 Å². The van der Waals surface area contributed by atoms with Gasteiger partial charge in [-0.15, -0.1) is 0 Å². The number of furan rings is 1. The number of nitrogens with zero attached hydrogens (tertiary/aromatic N) is 2. The van der Waals surface area contributed by atoms with Crippen LogP contribution in [-0.4, -0.2) is 56.2 Å². The van der Waals surface area contributed by atoms with Gasteiger partial charge in [0.25, 0.3) is 5.91 Å². The van der Waals surface area contributed by atoms with Gasteiger partial charge in [0.05, 0.1) is 23.3 Å². The van der Waals surface area contributed by atoms with Crippen LogP contribution < -0.4 is 0 Å². The van der Waals surface area contributed by atoms with Crippen LogP contribution in [0.2, 0.25) is 0 Å². The fraction of sp³-hybridized carbons (Fsp3) is 0.368. The van der Waals surface area contributed by atoms with Crippen molar-refractivity contribution in [2.75, 3.05) is 20.7 Å². The third-order valence-electron chi connectivity index (χ3n) is 4.20. The molecule has 28 heavy (non-hydrogen) atoms. The van der Waals surface area contributed by atoms with Gasteiger partial charge in [-0.3, -0.25) is 4.79 Å². The highest BCUT2D eigenvalue weighted by molar-refractivity contribution is 7.89. The molecule has 0 saturated carbocycles. The van der Waals surface area contributed by atoms with Gasteiger partial charge in [0.1, 0.15) is 5.76 Å². The molecule has 1 amide bonds. The zero-order chi connectivity index (χ0) is 20.9. The third kappa shape index (κ3) is 5.20. The maximum Gasteiger partial charge on any atom is 0.338 e. The smallest absolute Gasteiger partial charge is 0.338 e. The fourth-order valence-electron chi connectivity index (χ4n) is 2.27. The minimum atomic E-state index is -3.73. The number of amides is 1. The molecule has 8 nitrogen and oxygen atoms in total. The van der Waals surface area contributed by atoms with Crippen LogP contribution in [0.3, 0.4) is 0 Å². The van der Waals surface area contributed by atoms with Crippen molar-refractivity contribution >= 4 is 21.9 Å². The summed E-state index contributed by atoms with van der Waals surface area (Å²) in [5.41, 5.74) is 0.0553. The molecule has 1 heterocycles. The number of hydrogen-bond donors (Lipinski definition) is 0. The first kappa shape index (κ1) is 21.6. The Balaban J connectivity index is 2.02. The van der Waals surface area contributed by atoms with Gasteiger partial charge in [0.2, 0.25) is 10.0 Å². The number of sulfonamides is 1. The second-order valence-corrected chi connectivity index (χ2v) is 8.55. The molecule has 0 aliphatic rings. The van der Waals surface area contributed by atoms with Gasteiger partial charge in [-0.1, -0.05) is 6.07 Å². The van der Waals surface area contributed by atoms with E-state index in [1.807, 2.05) is 0 Å². The summed E-state index contributed by atoms with van der Waals surface area (Å²) in [7, 11) is -0.694. The van der Waals surface area contributed by atoms with Crippen LogP contribution in [0.4, 0.5) is 0 Å². The topological polar surface area (TPSA) is 97.1 Å². The number of ether oxygens (including phenoxy) is 1. The summed E-state index contributed by atoms with van der Waals surface area (Å²) in [4.78, 5) is 25.7. The van der Waals surface area contributed by atoms with Crippen molar-refractivity contribution in [3.05, 3.63) is 54.0 Å². The molecule has 2 aromatic rings. The van der Waals surface area contributed by atoms with Crippen molar-refractivity contribution in [1.82, 2.24) is 9.21 Å². The largest absolute Gasteiger partial charge is 0.467 e. The third-order valence-corrected chi connectivity index (χ3v) is 6.23. The van der Waals surface area contributed by atoms with Gasteiger partial charge in [-0.2, -0.15) is 4.31 Å². The molecule has 0 spiro atoms. The van der Waals surface area contributed by atoms with Gasteiger partial charge in [0.15, 0.2) is 6.61 Å². The minimum Gasteiger partial charge on any atom is -0.467 e. The molecule has 0 aliphatic heterocycles. The van der Waals surface area contributed by atoms with Crippen molar-refractivity contribution < 1.29 is 27.2 Å². The molecule has 0 unspecified atom stereocenters. The second kappa shape index (κ2) is 9.03. The lowest BCUT2D eigenvalue weighted by atomic mass is 10.2. The molecule has 0 aliphatic carbocycles. The number of benzene rings is 1. The highest BCUT2D eigenvalue weighted by Crippen LogP contribution is 2.18. The van der Waals surface area contributed by atoms with E-state index in [2.05, 4.69) is 0 Å². The molecule has 0 N–H and O–H groups in total. The Labute approximate surface area is 164 Å². The Morgan fingerprint density at radius 1 is 1.14 bits per heavy atom. The molecule has 0 bridgehead atoms. The summed E-state index contributed by atoms with van der Waals surface area (Å²) in [5.74, 6) is -0.577. The van der Waals surface area contributed by atoms with Gasteiger partial charge in [-0.05, 0) is 44.2 Å². The Morgan fingerprint density at radius 2 is 1.86 bits per heavy atom. The molecule has 1 aromatic carbocycles. The maximum absolute atomic E-state index is 12.6. The summed E-state index contributed by atoms with van der Waals surface area (Å²) >= 11 is 0. The van der Waals surface area contributed by atoms with E-state index in [1.54, 1.807) is 33.0 Å². The highest BCUT2D eigenvalue weighted by Gasteiger charge is 2.24. The predicted molar refractivity (Wildman–Crippen MR) is 102 cm³/mol. The number of hydrogen-bond acceptors (Lipinski definition) is 6. The van der Waals surface area contributed by atoms with Gasteiger partial charge < -0.3 is 14.1 Å². The maximum atomic E-state index is 12.6.